The third-order valence-electron chi connectivity index (χ3n) is 1.89. The average Bonchev–Trinajstić information content (AvgIpc) is 2.48. The first kappa shape index (κ1) is 8.70. The van der Waals surface area contributed by atoms with Crippen LogP contribution in [0.15, 0.2) is 36.5 Å². The molecule has 0 saturated carbocycles. The van der Waals surface area contributed by atoms with Gasteiger partial charge in [0.1, 0.15) is 0 Å². The smallest absolute Gasteiger partial charge is 0.0591 e. The average molecular weight is 191 g/mol. The van der Waals surface area contributed by atoms with Crippen LogP contribution in [0.4, 0.5) is 0 Å². The van der Waals surface area contributed by atoms with Crippen molar-refractivity contribution in [2.45, 2.75) is 19.1 Å². The van der Waals surface area contributed by atoms with Crippen molar-refractivity contribution in [2.75, 3.05) is 0 Å². The van der Waals surface area contributed by atoms with Gasteiger partial charge < -0.3 is 0 Å². The molecule has 1 aromatic carbocycles. The van der Waals surface area contributed by atoms with Gasteiger partial charge in [-0.3, -0.25) is 3.97 Å². The van der Waals surface area contributed by atoms with Crippen LogP contribution in [0, 0.1) is 0 Å². The number of hydrogen-bond donors (Lipinski definition) is 0. The lowest BCUT2D eigenvalue weighted by Gasteiger charge is -2.06. The minimum Gasteiger partial charge on any atom is -0.291 e. The number of para-hydroxylation sites is 1. The van der Waals surface area contributed by atoms with E-state index < -0.39 is 0 Å². The lowest BCUT2D eigenvalue weighted by molar-refractivity contribution is 1.10. The first-order valence-electron chi connectivity index (χ1n) is 4.50. The Labute approximate surface area is 82.9 Å². The van der Waals surface area contributed by atoms with Gasteiger partial charge in [-0.1, -0.05) is 32.0 Å². The minimum absolute atomic E-state index is 0.621. The number of aromatic nitrogens is 1. The van der Waals surface area contributed by atoms with E-state index in [0.717, 1.165) is 0 Å². The minimum atomic E-state index is 0.621. The Balaban J connectivity index is 2.46. The molecule has 2 aromatic rings. The lowest BCUT2D eigenvalue weighted by Crippen LogP contribution is -1.92. The predicted octanol–water partition coefficient (Wildman–Crippen LogP) is 3.55. The number of nitrogens with zero attached hydrogens (tertiary/aromatic N) is 1. The molecule has 0 spiro atoms. The topological polar surface area (TPSA) is 4.93 Å². The Morgan fingerprint density at radius 3 is 2.69 bits per heavy atom. The molecule has 0 atom stereocenters. The van der Waals surface area contributed by atoms with Crippen LogP contribution < -0.4 is 0 Å². The summed E-state index contributed by atoms with van der Waals surface area (Å²) >= 11 is 1.85. The maximum absolute atomic E-state index is 2.24. The molecule has 13 heavy (non-hydrogen) atoms. The van der Waals surface area contributed by atoms with E-state index in [2.05, 4.69) is 54.3 Å². The van der Waals surface area contributed by atoms with Crippen LogP contribution in [0.25, 0.3) is 10.9 Å². The van der Waals surface area contributed by atoms with Crippen LogP contribution in [-0.4, -0.2) is 9.22 Å². The fourth-order valence-corrected chi connectivity index (χ4v) is 2.24. The SMILES string of the molecule is CC(C)Sn1ccc2ccccc21. The van der Waals surface area contributed by atoms with Gasteiger partial charge in [0.15, 0.2) is 0 Å². The Morgan fingerprint density at radius 1 is 1.15 bits per heavy atom. The van der Waals surface area contributed by atoms with Gasteiger partial charge in [0.25, 0.3) is 0 Å². The highest BCUT2D eigenvalue weighted by Crippen LogP contribution is 2.22. The van der Waals surface area contributed by atoms with Crippen molar-refractivity contribution in [3.8, 4) is 0 Å². The molecule has 1 aromatic heterocycles. The molecule has 0 bridgehead atoms. The third-order valence-corrected chi connectivity index (χ3v) is 2.86. The zero-order valence-electron chi connectivity index (χ0n) is 7.90. The van der Waals surface area contributed by atoms with Gasteiger partial charge in [-0.25, -0.2) is 0 Å². The van der Waals surface area contributed by atoms with E-state index in [1.165, 1.54) is 10.9 Å². The van der Waals surface area contributed by atoms with E-state index in [1.54, 1.807) is 0 Å². The van der Waals surface area contributed by atoms with Gasteiger partial charge in [-0.15, -0.1) is 0 Å². The first-order chi connectivity index (χ1) is 6.27. The van der Waals surface area contributed by atoms with Crippen molar-refractivity contribution < 1.29 is 0 Å². The lowest BCUT2D eigenvalue weighted by atomic mass is 10.3. The summed E-state index contributed by atoms with van der Waals surface area (Å²) in [6.07, 6.45) is 2.13. The zero-order valence-corrected chi connectivity index (χ0v) is 8.71. The molecular formula is C11H13NS. The Morgan fingerprint density at radius 2 is 1.92 bits per heavy atom. The molecule has 1 nitrogen and oxygen atoms in total. The second kappa shape index (κ2) is 3.46. The Hall–Kier alpha value is -0.890. The fourth-order valence-electron chi connectivity index (χ4n) is 1.38. The zero-order chi connectivity index (χ0) is 9.26. The van der Waals surface area contributed by atoms with Crippen LogP contribution in [0.3, 0.4) is 0 Å². The van der Waals surface area contributed by atoms with Gasteiger partial charge in [-0.2, -0.15) is 0 Å². The maximum atomic E-state index is 2.24. The van der Waals surface area contributed by atoms with Crippen molar-refractivity contribution in [3.63, 3.8) is 0 Å². The van der Waals surface area contributed by atoms with E-state index in [4.69, 9.17) is 0 Å². The van der Waals surface area contributed by atoms with Gasteiger partial charge in [0, 0.05) is 16.8 Å². The molecule has 0 N–H and O–H groups in total. The van der Waals surface area contributed by atoms with Crippen LogP contribution in [0.2, 0.25) is 0 Å². The van der Waals surface area contributed by atoms with Gasteiger partial charge in [0.05, 0.1) is 5.52 Å². The summed E-state index contributed by atoms with van der Waals surface area (Å²) in [5, 5.41) is 1.94. The largest absolute Gasteiger partial charge is 0.291 e. The second-order valence-corrected chi connectivity index (χ2v) is 4.90. The highest BCUT2D eigenvalue weighted by atomic mass is 32.2. The number of hydrogen-bond acceptors (Lipinski definition) is 1. The highest BCUT2D eigenvalue weighted by Gasteiger charge is 2.01. The van der Waals surface area contributed by atoms with Crippen molar-refractivity contribution >= 4 is 22.9 Å². The molecular weight excluding hydrogens is 178 g/mol. The van der Waals surface area contributed by atoms with Crippen LogP contribution in [0.5, 0.6) is 0 Å². The monoisotopic (exact) mass is 191 g/mol. The molecule has 0 aliphatic heterocycles. The normalized spacial score (nSPS) is 11.3. The van der Waals surface area contributed by atoms with Crippen molar-refractivity contribution in [1.82, 2.24) is 3.97 Å². The van der Waals surface area contributed by atoms with E-state index in [0.29, 0.717) is 5.25 Å². The van der Waals surface area contributed by atoms with Crippen molar-refractivity contribution in [3.05, 3.63) is 36.5 Å². The maximum Gasteiger partial charge on any atom is 0.0591 e. The summed E-state index contributed by atoms with van der Waals surface area (Å²) in [7, 11) is 0. The number of rotatable bonds is 2. The summed E-state index contributed by atoms with van der Waals surface area (Å²) in [6.45, 7) is 4.42. The molecule has 1 heterocycles. The number of benzene rings is 1. The second-order valence-electron chi connectivity index (χ2n) is 3.35. The summed E-state index contributed by atoms with van der Waals surface area (Å²) in [5.41, 5.74) is 1.31. The third kappa shape index (κ3) is 1.73. The van der Waals surface area contributed by atoms with E-state index >= 15 is 0 Å². The molecule has 0 saturated heterocycles. The summed E-state index contributed by atoms with van der Waals surface area (Å²) in [6, 6.07) is 10.6. The van der Waals surface area contributed by atoms with Gasteiger partial charge in [-0.05, 0) is 24.1 Å². The quantitative estimate of drug-likeness (QED) is 0.702. The van der Waals surface area contributed by atoms with Crippen LogP contribution >= 0.6 is 11.9 Å². The van der Waals surface area contributed by atoms with Crippen LogP contribution in [0.1, 0.15) is 13.8 Å². The standard InChI is InChI=1S/C11H13NS/c1-9(2)13-12-8-7-10-5-3-4-6-11(10)12/h3-9H,1-2H3. The summed E-state index contributed by atoms with van der Waals surface area (Å²) < 4.78 is 2.24. The molecule has 2 rings (SSSR count). The Kier molecular flexibility index (Phi) is 2.32. The van der Waals surface area contributed by atoms with Crippen LogP contribution in [-0.2, 0) is 0 Å². The highest BCUT2D eigenvalue weighted by molar-refractivity contribution is 7.98. The van der Waals surface area contributed by atoms with E-state index in [-0.39, 0.29) is 0 Å². The molecule has 0 fully saturated rings. The fraction of sp³-hybridized carbons (Fsp3) is 0.273. The molecule has 0 aliphatic carbocycles. The predicted molar refractivity (Wildman–Crippen MR) is 60.1 cm³/mol. The first-order valence-corrected chi connectivity index (χ1v) is 5.34. The van der Waals surface area contributed by atoms with Gasteiger partial charge in [0.2, 0.25) is 0 Å². The van der Waals surface area contributed by atoms with E-state index in [9.17, 15) is 0 Å². The molecule has 68 valence electrons. The molecule has 0 unspecified atom stereocenters. The molecule has 0 aliphatic rings. The van der Waals surface area contributed by atoms with Gasteiger partial charge >= 0.3 is 0 Å². The molecule has 0 radical (unpaired) electrons. The Bertz CT molecular complexity index is 403. The molecule has 2 heteroatoms. The number of fused-ring (bicyclic) bond motifs is 1. The summed E-state index contributed by atoms with van der Waals surface area (Å²) in [4.78, 5) is 0. The van der Waals surface area contributed by atoms with Crippen molar-refractivity contribution in [2.24, 2.45) is 0 Å². The van der Waals surface area contributed by atoms with E-state index in [1.807, 2.05) is 11.9 Å². The molecule has 0 amide bonds. The summed E-state index contributed by atoms with van der Waals surface area (Å²) in [5.74, 6) is 0. The van der Waals surface area contributed by atoms with Crippen molar-refractivity contribution in [1.29, 1.82) is 0 Å².